The fraction of sp³-hybridized carbons (Fsp3) is 0.222. The van der Waals surface area contributed by atoms with Gasteiger partial charge in [-0.25, -0.2) is 13.8 Å². The van der Waals surface area contributed by atoms with E-state index in [1.54, 1.807) is 6.07 Å². The predicted octanol–water partition coefficient (Wildman–Crippen LogP) is 1.53. The summed E-state index contributed by atoms with van der Waals surface area (Å²) < 4.78 is 35.7. The fourth-order valence-electron chi connectivity index (χ4n) is 2.44. The van der Waals surface area contributed by atoms with Crippen molar-refractivity contribution in [2.45, 2.75) is 0 Å². The van der Waals surface area contributed by atoms with Gasteiger partial charge in [0.2, 0.25) is 10.0 Å². The lowest BCUT2D eigenvalue weighted by atomic mass is 10.2. The van der Waals surface area contributed by atoms with Gasteiger partial charge in [0.05, 0.1) is 37.3 Å². The Labute approximate surface area is 173 Å². The third-order valence-electron chi connectivity index (χ3n) is 3.83. The van der Waals surface area contributed by atoms with Gasteiger partial charge in [0.25, 0.3) is 11.6 Å². The van der Waals surface area contributed by atoms with Crippen LogP contribution in [0.4, 0.5) is 11.4 Å². The monoisotopic (exact) mass is 436 g/mol. The van der Waals surface area contributed by atoms with Crippen LogP contribution < -0.4 is 19.2 Å². The number of hydrazone groups is 1. The van der Waals surface area contributed by atoms with Crippen molar-refractivity contribution >= 4 is 33.5 Å². The zero-order valence-electron chi connectivity index (χ0n) is 16.4. The van der Waals surface area contributed by atoms with Gasteiger partial charge in [-0.2, -0.15) is 5.10 Å². The third kappa shape index (κ3) is 5.91. The first-order valence-corrected chi connectivity index (χ1v) is 10.3. The molecule has 2 aromatic rings. The van der Waals surface area contributed by atoms with Gasteiger partial charge in [0.15, 0.2) is 0 Å². The molecule has 0 atom stereocenters. The number of ether oxygens (including phenoxy) is 2. The van der Waals surface area contributed by atoms with Crippen LogP contribution >= 0.6 is 0 Å². The Kier molecular flexibility index (Phi) is 7.31. The molecule has 2 rings (SSSR count). The summed E-state index contributed by atoms with van der Waals surface area (Å²) in [6.45, 7) is -0.562. The Morgan fingerprint density at radius 2 is 1.97 bits per heavy atom. The molecule has 1 amide bonds. The highest BCUT2D eigenvalue weighted by Crippen LogP contribution is 2.33. The lowest BCUT2D eigenvalue weighted by Gasteiger charge is -2.23. The van der Waals surface area contributed by atoms with Crippen molar-refractivity contribution in [3.63, 3.8) is 0 Å². The number of hydrogen-bond donors (Lipinski definition) is 1. The molecule has 1 N–H and O–H groups in total. The molecule has 11 nitrogen and oxygen atoms in total. The van der Waals surface area contributed by atoms with E-state index in [1.165, 1.54) is 56.8 Å². The van der Waals surface area contributed by atoms with Crippen LogP contribution in [0.3, 0.4) is 0 Å². The normalized spacial score (nSPS) is 11.2. The standard InChI is InChI=1S/C18H20N4O7S/c1-28-15-7-8-16(17(10-15)29-2)21(30(3,26)27)12-18(23)20-19-11-13-5-4-6-14(9-13)22(24)25/h4-11H,12H2,1-3H3,(H,20,23)/b19-11-. The number of amides is 1. The maximum absolute atomic E-state index is 12.3. The summed E-state index contributed by atoms with van der Waals surface area (Å²) in [5.41, 5.74) is 2.62. The van der Waals surface area contributed by atoms with Gasteiger partial charge >= 0.3 is 0 Å². The molecule has 0 aliphatic carbocycles. The molecule has 160 valence electrons. The van der Waals surface area contributed by atoms with Crippen molar-refractivity contribution in [2.75, 3.05) is 31.3 Å². The van der Waals surface area contributed by atoms with Crippen molar-refractivity contribution in [2.24, 2.45) is 5.10 Å². The lowest BCUT2D eigenvalue weighted by Crippen LogP contribution is -2.39. The smallest absolute Gasteiger partial charge is 0.270 e. The minimum Gasteiger partial charge on any atom is -0.497 e. The summed E-state index contributed by atoms with van der Waals surface area (Å²) in [5, 5.41) is 14.5. The molecule has 0 fully saturated rings. The highest BCUT2D eigenvalue weighted by Gasteiger charge is 2.24. The van der Waals surface area contributed by atoms with Gasteiger partial charge < -0.3 is 9.47 Å². The number of non-ortho nitro benzene ring substituents is 1. The number of benzene rings is 2. The second-order valence-corrected chi connectivity index (χ2v) is 7.86. The van der Waals surface area contributed by atoms with Crippen LogP contribution in [0.25, 0.3) is 0 Å². The molecular formula is C18H20N4O7S. The van der Waals surface area contributed by atoms with E-state index in [9.17, 15) is 23.3 Å². The molecule has 0 saturated carbocycles. The molecule has 0 saturated heterocycles. The van der Waals surface area contributed by atoms with Gasteiger partial charge in [-0.05, 0) is 12.1 Å². The quantitative estimate of drug-likeness (QED) is 0.357. The Morgan fingerprint density at radius 3 is 2.57 bits per heavy atom. The summed E-state index contributed by atoms with van der Waals surface area (Å²) in [6.07, 6.45) is 2.17. The average Bonchev–Trinajstić information content (AvgIpc) is 2.71. The molecule has 0 aromatic heterocycles. The van der Waals surface area contributed by atoms with Gasteiger partial charge in [0.1, 0.15) is 18.0 Å². The topological polar surface area (TPSA) is 140 Å². The fourth-order valence-corrected chi connectivity index (χ4v) is 3.30. The third-order valence-corrected chi connectivity index (χ3v) is 4.95. The molecule has 0 bridgehead atoms. The Bertz CT molecular complexity index is 1070. The number of rotatable bonds is 9. The average molecular weight is 436 g/mol. The van der Waals surface area contributed by atoms with E-state index < -0.39 is 27.4 Å². The maximum atomic E-state index is 12.3. The predicted molar refractivity (Wildman–Crippen MR) is 111 cm³/mol. The highest BCUT2D eigenvalue weighted by molar-refractivity contribution is 7.92. The van der Waals surface area contributed by atoms with Crippen LogP contribution in [-0.2, 0) is 14.8 Å². The minimum absolute atomic E-state index is 0.125. The first-order valence-electron chi connectivity index (χ1n) is 8.42. The number of sulfonamides is 1. The molecule has 0 radical (unpaired) electrons. The first kappa shape index (κ1) is 22.6. The molecule has 0 spiro atoms. The second-order valence-electron chi connectivity index (χ2n) is 5.95. The molecule has 0 unspecified atom stereocenters. The van der Waals surface area contributed by atoms with Gasteiger partial charge in [-0.3, -0.25) is 19.2 Å². The van der Waals surface area contributed by atoms with Gasteiger partial charge in [-0.15, -0.1) is 0 Å². The van der Waals surface area contributed by atoms with Crippen LogP contribution in [0, 0.1) is 10.1 Å². The number of nitro groups is 1. The molecule has 30 heavy (non-hydrogen) atoms. The van der Waals surface area contributed by atoms with E-state index >= 15 is 0 Å². The van der Waals surface area contributed by atoms with E-state index in [2.05, 4.69) is 10.5 Å². The van der Waals surface area contributed by atoms with E-state index in [0.717, 1.165) is 10.6 Å². The lowest BCUT2D eigenvalue weighted by molar-refractivity contribution is -0.384. The summed E-state index contributed by atoms with van der Waals surface area (Å²) in [6, 6.07) is 10.1. The number of hydrogen-bond acceptors (Lipinski definition) is 8. The Morgan fingerprint density at radius 1 is 1.23 bits per heavy atom. The number of nitrogens with one attached hydrogen (secondary N) is 1. The number of nitrogens with zero attached hydrogens (tertiary/aromatic N) is 3. The number of nitro benzene ring substituents is 1. The number of anilines is 1. The van der Waals surface area contributed by atoms with Crippen LogP contribution in [0.2, 0.25) is 0 Å². The van der Waals surface area contributed by atoms with Crippen LogP contribution in [0.5, 0.6) is 11.5 Å². The summed E-state index contributed by atoms with van der Waals surface area (Å²) in [4.78, 5) is 22.5. The van der Waals surface area contributed by atoms with E-state index in [0.29, 0.717) is 11.3 Å². The summed E-state index contributed by atoms with van der Waals surface area (Å²) in [7, 11) is -1.02. The van der Waals surface area contributed by atoms with Crippen LogP contribution in [0.15, 0.2) is 47.6 Å². The number of methoxy groups -OCH3 is 2. The van der Waals surface area contributed by atoms with Crippen molar-refractivity contribution in [3.05, 3.63) is 58.1 Å². The zero-order valence-corrected chi connectivity index (χ0v) is 17.3. The zero-order chi connectivity index (χ0) is 22.3. The Hall–Kier alpha value is -3.67. The molecule has 2 aromatic carbocycles. The van der Waals surface area contributed by atoms with Gasteiger partial charge in [-0.1, -0.05) is 12.1 Å². The first-order chi connectivity index (χ1) is 14.2. The maximum Gasteiger partial charge on any atom is 0.270 e. The van der Waals surface area contributed by atoms with Crippen LogP contribution in [0.1, 0.15) is 5.56 Å². The number of carbonyl (C=O) groups is 1. The molecule has 12 heteroatoms. The molecule has 0 heterocycles. The van der Waals surface area contributed by atoms with Gasteiger partial charge in [0, 0.05) is 23.8 Å². The summed E-state index contributed by atoms with van der Waals surface area (Å²) >= 11 is 0. The van der Waals surface area contributed by atoms with Crippen molar-refractivity contribution in [1.29, 1.82) is 0 Å². The number of carbonyl (C=O) groups excluding carboxylic acids is 1. The van der Waals surface area contributed by atoms with E-state index in [1.807, 2.05) is 0 Å². The van der Waals surface area contributed by atoms with Crippen molar-refractivity contribution in [1.82, 2.24) is 5.43 Å². The second kappa shape index (κ2) is 9.69. The highest BCUT2D eigenvalue weighted by atomic mass is 32.2. The van der Waals surface area contributed by atoms with E-state index in [4.69, 9.17) is 9.47 Å². The van der Waals surface area contributed by atoms with E-state index in [-0.39, 0.29) is 17.1 Å². The van der Waals surface area contributed by atoms with Crippen molar-refractivity contribution in [3.8, 4) is 11.5 Å². The molecule has 0 aliphatic heterocycles. The minimum atomic E-state index is -3.83. The van der Waals surface area contributed by atoms with Crippen molar-refractivity contribution < 1.29 is 27.6 Å². The Balaban J connectivity index is 2.17. The molecule has 0 aliphatic rings. The molecular weight excluding hydrogens is 416 g/mol. The largest absolute Gasteiger partial charge is 0.497 e. The summed E-state index contributed by atoms with van der Waals surface area (Å²) in [5.74, 6) is -0.0669. The van der Waals surface area contributed by atoms with Crippen LogP contribution in [-0.4, -0.2) is 52.5 Å². The SMILES string of the molecule is COc1ccc(N(CC(=O)N/N=C\c2cccc([N+](=O)[O-])c2)S(C)(=O)=O)c(OC)c1.